The molecule has 1 aliphatic rings. The molecule has 1 aliphatic heterocycles. The van der Waals surface area contributed by atoms with Gasteiger partial charge in [0.15, 0.2) is 5.82 Å². The summed E-state index contributed by atoms with van der Waals surface area (Å²) in [6.07, 6.45) is 0. The minimum atomic E-state index is -0.517. The molecule has 1 aromatic rings. The summed E-state index contributed by atoms with van der Waals surface area (Å²) in [5.41, 5.74) is 0.0749. The molecule has 0 radical (unpaired) electrons. The highest BCUT2D eigenvalue weighted by Crippen LogP contribution is 2.29. The fourth-order valence-electron chi connectivity index (χ4n) is 1.69. The number of nitrogens with zero attached hydrogens (tertiary/aromatic N) is 1. The van der Waals surface area contributed by atoms with Gasteiger partial charge in [0.05, 0.1) is 4.47 Å². The number of piperazine rings is 1. The van der Waals surface area contributed by atoms with Gasteiger partial charge in [0.1, 0.15) is 11.5 Å². The third kappa shape index (κ3) is 2.13. The second-order valence-corrected chi connectivity index (χ2v) is 4.28. The summed E-state index contributed by atoms with van der Waals surface area (Å²) >= 11 is 3.06. The molecule has 0 amide bonds. The summed E-state index contributed by atoms with van der Waals surface area (Å²) in [5.74, 6) is -1.02. The summed E-state index contributed by atoms with van der Waals surface area (Å²) in [4.78, 5) is 1.73. The van der Waals surface area contributed by atoms with Gasteiger partial charge in [-0.3, -0.25) is 0 Å². The molecule has 82 valence electrons. The molecule has 1 heterocycles. The predicted octanol–water partition coefficient (Wildman–Crippen LogP) is 2.14. The third-order valence-electron chi connectivity index (χ3n) is 2.45. The number of anilines is 1. The fourth-order valence-corrected chi connectivity index (χ4v) is 2.01. The zero-order valence-corrected chi connectivity index (χ0v) is 9.65. The van der Waals surface area contributed by atoms with Gasteiger partial charge >= 0.3 is 0 Å². The van der Waals surface area contributed by atoms with E-state index >= 15 is 0 Å². The van der Waals surface area contributed by atoms with Gasteiger partial charge in [-0.15, -0.1) is 0 Å². The van der Waals surface area contributed by atoms with Crippen LogP contribution in [0.15, 0.2) is 16.6 Å². The van der Waals surface area contributed by atoms with E-state index in [4.69, 9.17) is 0 Å². The number of nitrogens with one attached hydrogen (secondary N) is 1. The van der Waals surface area contributed by atoms with E-state index in [0.29, 0.717) is 17.6 Å². The van der Waals surface area contributed by atoms with Crippen LogP contribution in [0, 0.1) is 11.6 Å². The highest BCUT2D eigenvalue weighted by atomic mass is 79.9. The molecule has 2 nitrogen and oxygen atoms in total. The number of hydrogen-bond donors (Lipinski definition) is 1. The maximum absolute atomic E-state index is 13.7. The van der Waals surface area contributed by atoms with Crippen LogP contribution in [-0.2, 0) is 0 Å². The van der Waals surface area contributed by atoms with E-state index < -0.39 is 11.6 Å². The largest absolute Gasteiger partial charge is 0.364 e. The van der Waals surface area contributed by atoms with E-state index in [2.05, 4.69) is 21.2 Å². The summed E-state index contributed by atoms with van der Waals surface area (Å²) in [6, 6.07) is 2.67. The van der Waals surface area contributed by atoms with Crippen LogP contribution in [0.25, 0.3) is 0 Å². The Balaban J connectivity index is 2.36. The maximum Gasteiger partial charge on any atom is 0.163 e. The zero-order valence-electron chi connectivity index (χ0n) is 8.06. The van der Waals surface area contributed by atoms with Gasteiger partial charge in [0.2, 0.25) is 0 Å². The molecule has 5 heteroatoms. The van der Waals surface area contributed by atoms with Crippen molar-refractivity contribution in [3.63, 3.8) is 0 Å². The second kappa shape index (κ2) is 4.45. The number of benzene rings is 1. The van der Waals surface area contributed by atoms with Crippen LogP contribution in [0.1, 0.15) is 0 Å². The molecule has 1 saturated heterocycles. The summed E-state index contributed by atoms with van der Waals surface area (Å²) in [6.45, 7) is 2.77. The first kappa shape index (κ1) is 10.8. The van der Waals surface area contributed by atoms with Crippen molar-refractivity contribution in [2.45, 2.75) is 0 Å². The van der Waals surface area contributed by atoms with Crippen molar-refractivity contribution in [1.29, 1.82) is 0 Å². The van der Waals surface area contributed by atoms with Crippen LogP contribution in [0.3, 0.4) is 0 Å². The first-order valence-electron chi connectivity index (χ1n) is 4.79. The Morgan fingerprint density at radius 3 is 2.53 bits per heavy atom. The van der Waals surface area contributed by atoms with Gasteiger partial charge in [-0.2, -0.15) is 0 Å². The molecule has 0 aromatic heterocycles. The maximum atomic E-state index is 13.7. The van der Waals surface area contributed by atoms with Crippen LogP contribution >= 0.6 is 15.9 Å². The van der Waals surface area contributed by atoms with E-state index in [0.717, 1.165) is 13.1 Å². The third-order valence-corrected chi connectivity index (χ3v) is 3.07. The highest BCUT2D eigenvalue weighted by molar-refractivity contribution is 9.10. The Hall–Kier alpha value is -0.680. The molecule has 0 saturated carbocycles. The monoisotopic (exact) mass is 276 g/mol. The van der Waals surface area contributed by atoms with E-state index in [-0.39, 0.29) is 5.69 Å². The minimum Gasteiger partial charge on any atom is -0.364 e. The first-order valence-corrected chi connectivity index (χ1v) is 5.58. The Bertz CT molecular complexity index is 365. The van der Waals surface area contributed by atoms with Gasteiger partial charge in [-0.1, -0.05) is 0 Å². The van der Waals surface area contributed by atoms with Gasteiger partial charge in [0, 0.05) is 26.2 Å². The van der Waals surface area contributed by atoms with Crippen LogP contribution in [0.2, 0.25) is 0 Å². The standard InChI is InChI=1S/C10H11BrF2N2/c11-7-1-2-8(12)10(9(7)13)15-5-3-14-4-6-15/h1-2,14H,3-6H2. The average molecular weight is 277 g/mol. The van der Waals surface area contributed by atoms with Crippen LogP contribution < -0.4 is 10.2 Å². The van der Waals surface area contributed by atoms with Gasteiger partial charge in [-0.25, -0.2) is 8.78 Å². The number of rotatable bonds is 1. The van der Waals surface area contributed by atoms with Crippen molar-refractivity contribution in [1.82, 2.24) is 5.32 Å². The molecule has 1 fully saturated rings. The predicted molar refractivity (Wildman–Crippen MR) is 59.1 cm³/mol. The number of halogens is 3. The van der Waals surface area contributed by atoms with Crippen molar-refractivity contribution in [3.8, 4) is 0 Å². The zero-order chi connectivity index (χ0) is 10.8. The molecule has 1 aromatic carbocycles. The molecule has 0 atom stereocenters. The Morgan fingerprint density at radius 1 is 1.20 bits per heavy atom. The van der Waals surface area contributed by atoms with E-state index in [9.17, 15) is 8.78 Å². The molecule has 1 N–H and O–H groups in total. The lowest BCUT2D eigenvalue weighted by atomic mass is 10.2. The van der Waals surface area contributed by atoms with E-state index in [1.54, 1.807) is 4.90 Å². The minimum absolute atomic E-state index is 0.0749. The van der Waals surface area contributed by atoms with Crippen molar-refractivity contribution in [2.75, 3.05) is 31.1 Å². The molecular weight excluding hydrogens is 266 g/mol. The van der Waals surface area contributed by atoms with Gasteiger partial charge in [0.25, 0.3) is 0 Å². The van der Waals surface area contributed by atoms with Gasteiger partial charge < -0.3 is 10.2 Å². The quantitative estimate of drug-likeness (QED) is 0.791. The molecular formula is C10H11BrF2N2. The van der Waals surface area contributed by atoms with Crippen molar-refractivity contribution < 1.29 is 8.78 Å². The Kier molecular flexibility index (Phi) is 3.21. The second-order valence-electron chi connectivity index (χ2n) is 3.43. The Labute approximate surface area is 95.4 Å². The SMILES string of the molecule is Fc1ccc(Br)c(F)c1N1CCNCC1. The number of hydrogen-bond acceptors (Lipinski definition) is 2. The molecule has 0 spiro atoms. The highest BCUT2D eigenvalue weighted by Gasteiger charge is 2.20. The average Bonchev–Trinajstić information content (AvgIpc) is 2.26. The van der Waals surface area contributed by atoms with Crippen LogP contribution in [0.5, 0.6) is 0 Å². The summed E-state index contributed by atoms with van der Waals surface area (Å²) < 4.78 is 27.5. The first-order chi connectivity index (χ1) is 7.20. The summed E-state index contributed by atoms with van der Waals surface area (Å²) in [5, 5.41) is 3.14. The molecule has 15 heavy (non-hydrogen) atoms. The lowest BCUT2D eigenvalue weighted by Gasteiger charge is -2.30. The van der Waals surface area contributed by atoms with Crippen molar-refractivity contribution in [2.24, 2.45) is 0 Å². The lowest BCUT2D eigenvalue weighted by Crippen LogP contribution is -2.44. The molecule has 0 unspecified atom stereocenters. The van der Waals surface area contributed by atoms with Crippen molar-refractivity contribution >= 4 is 21.6 Å². The normalized spacial score (nSPS) is 16.9. The molecule has 0 bridgehead atoms. The fraction of sp³-hybridized carbons (Fsp3) is 0.400. The molecule has 0 aliphatic carbocycles. The summed E-state index contributed by atoms with van der Waals surface area (Å²) in [7, 11) is 0. The van der Waals surface area contributed by atoms with Gasteiger partial charge in [-0.05, 0) is 28.1 Å². The van der Waals surface area contributed by atoms with E-state index in [1.165, 1.54) is 12.1 Å². The van der Waals surface area contributed by atoms with Crippen molar-refractivity contribution in [3.05, 3.63) is 28.2 Å². The Morgan fingerprint density at radius 2 is 1.87 bits per heavy atom. The topological polar surface area (TPSA) is 15.3 Å². The van der Waals surface area contributed by atoms with Crippen LogP contribution in [-0.4, -0.2) is 26.2 Å². The smallest absolute Gasteiger partial charge is 0.163 e. The van der Waals surface area contributed by atoms with Crippen LogP contribution in [0.4, 0.5) is 14.5 Å². The van der Waals surface area contributed by atoms with E-state index in [1.807, 2.05) is 0 Å². The molecule has 2 rings (SSSR count). The lowest BCUT2D eigenvalue weighted by molar-refractivity contribution is 0.535.